The van der Waals surface area contributed by atoms with E-state index in [1.807, 2.05) is 12.3 Å². The molecule has 4 rings (SSSR count). The highest BCUT2D eigenvalue weighted by molar-refractivity contribution is 7.96. The van der Waals surface area contributed by atoms with Gasteiger partial charge >= 0.3 is 0 Å². The van der Waals surface area contributed by atoms with Crippen LogP contribution in [0.1, 0.15) is 40.4 Å². The van der Waals surface area contributed by atoms with Gasteiger partial charge in [0.15, 0.2) is 0 Å². The van der Waals surface area contributed by atoms with Crippen molar-refractivity contribution in [1.82, 2.24) is 15.2 Å². The molecule has 1 saturated heterocycles. The highest BCUT2D eigenvalue weighted by atomic mass is 32.1. The normalized spacial score (nSPS) is 23.5. The minimum absolute atomic E-state index is 0.0917. The van der Waals surface area contributed by atoms with Gasteiger partial charge in [-0.15, -0.1) is 12.6 Å². The topological polar surface area (TPSA) is 45.2 Å². The van der Waals surface area contributed by atoms with Crippen molar-refractivity contribution in [2.24, 2.45) is 0 Å². The van der Waals surface area contributed by atoms with Crippen molar-refractivity contribution < 1.29 is 4.79 Å². The maximum absolute atomic E-state index is 11.8. The molecular weight excluding hydrogens is 342 g/mol. The van der Waals surface area contributed by atoms with Gasteiger partial charge in [0, 0.05) is 25.8 Å². The molecule has 1 aliphatic carbocycles. The summed E-state index contributed by atoms with van der Waals surface area (Å²) in [5.41, 5.74) is 6.52. The van der Waals surface area contributed by atoms with Crippen molar-refractivity contribution in [3.63, 3.8) is 0 Å². The Morgan fingerprint density at radius 1 is 1.27 bits per heavy atom. The molecule has 2 atom stereocenters. The number of aromatic nitrogens is 1. The van der Waals surface area contributed by atoms with E-state index in [0.29, 0.717) is 6.54 Å². The Hall–Kier alpha value is -1.69. The van der Waals surface area contributed by atoms with Crippen molar-refractivity contribution in [2.45, 2.75) is 38.3 Å². The Labute approximate surface area is 160 Å². The number of nitrogens with zero attached hydrogens (tertiary/aromatic N) is 2. The molecule has 0 saturated carbocycles. The van der Waals surface area contributed by atoms with E-state index >= 15 is 0 Å². The number of benzene rings is 1. The molecule has 0 spiro atoms. The summed E-state index contributed by atoms with van der Waals surface area (Å²) in [5.74, 6) is 0. The molecule has 1 aliphatic heterocycles. The monoisotopic (exact) mass is 367 g/mol. The summed E-state index contributed by atoms with van der Waals surface area (Å²) in [4.78, 5) is 19.1. The first-order valence-electron chi connectivity index (χ1n) is 9.37. The molecule has 1 unspecified atom stereocenters. The van der Waals surface area contributed by atoms with Gasteiger partial charge in [0.2, 0.25) is 5.12 Å². The zero-order chi connectivity index (χ0) is 18.1. The minimum atomic E-state index is -0.224. The summed E-state index contributed by atoms with van der Waals surface area (Å²) in [5, 5.41) is 3.19. The van der Waals surface area contributed by atoms with Gasteiger partial charge < -0.3 is 5.32 Å². The van der Waals surface area contributed by atoms with E-state index in [1.54, 1.807) is 0 Å². The Kier molecular flexibility index (Phi) is 5.11. The molecule has 0 bridgehead atoms. The molecule has 1 N–H and O–H groups in total. The number of rotatable bonds is 2. The first-order valence-corrected chi connectivity index (χ1v) is 9.81. The quantitative estimate of drug-likeness (QED) is 0.801. The fourth-order valence-electron chi connectivity index (χ4n) is 4.29. The third-order valence-corrected chi connectivity index (χ3v) is 5.85. The van der Waals surface area contributed by atoms with E-state index in [0.717, 1.165) is 38.0 Å². The second-order valence-corrected chi connectivity index (χ2v) is 7.79. The van der Waals surface area contributed by atoms with E-state index < -0.39 is 0 Å². The van der Waals surface area contributed by atoms with E-state index in [1.165, 1.54) is 22.3 Å². The first kappa shape index (κ1) is 17.7. The zero-order valence-electron chi connectivity index (χ0n) is 15.1. The summed E-state index contributed by atoms with van der Waals surface area (Å²) < 4.78 is 0. The lowest BCUT2D eigenvalue weighted by Crippen LogP contribution is -2.54. The molecule has 26 heavy (non-hydrogen) atoms. The van der Waals surface area contributed by atoms with Crippen LogP contribution in [0.25, 0.3) is 0 Å². The predicted octanol–water partition coefficient (Wildman–Crippen LogP) is 2.70. The number of carbonyl (C=O) groups is 1. The van der Waals surface area contributed by atoms with Gasteiger partial charge in [-0.3, -0.25) is 14.7 Å². The van der Waals surface area contributed by atoms with E-state index in [4.69, 9.17) is 4.98 Å². The van der Waals surface area contributed by atoms with Crippen molar-refractivity contribution in [1.29, 1.82) is 0 Å². The lowest BCUT2D eigenvalue weighted by Gasteiger charge is -2.39. The van der Waals surface area contributed by atoms with Crippen molar-refractivity contribution in [3.05, 3.63) is 64.5 Å². The second-order valence-electron chi connectivity index (χ2n) is 7.35. The number of aryl methyl sites for hydroxylation is 3. The van der Waals surface area contributed by atoms with Gasteiger partial charge in [-0.2, -0.15) is 0 Å². The van der Waals surface area contributed by atoms with Crippen LogP contribution >= 0.6 is 12.6 Å². The standard InChI is InChI=1S/C21H25N3OS/c1-14-7-8-17-16(12-14)5-2-4-15-6-3-9-23-19(15)20(17)24-11-10-22-18(13-24)21(25)26/h3,6-9,12,18,20,22H,2,4-5,10-11,13H2,1H3,(H,25,26)/t18-,20?/m1/s1. The minimum Gasteiger partial charge on any atom is -0.304 e. The number of hydrogen-bond acceptors (Lipinski definition) is 4. The van der Waals surface area contributed by atoms with Crippen LogP contribution in [0.3, 0.4) is 0 Å². The van der Waals surface area contributed by atoms with Crippen molar-refractivity contribution in [2.75, 3.05) is 19.6 Å². The van der Waals surface area contributed by atoms with Gasteiger partial charge in [0.25, 0.3) is 0 Å². The highest BCUT2D eigenvalue weighted by Gasteiger charge is 2.33. The predicted molar refractivity (Wildman–Crippen MR) is 107 cm³/mol. The SMILES string of the molecule is Cc1ccc2c(c1)CCCc1cccnc1C2N1CCN[C@@H](C(=O)S)C1. The molecule has 1 aromatic carbocycles. The van der Waals surface area contributed by atoms with Crippen LogP contribution in [0.5, 0.6) is 0 Å². The average molecular weight is 368 g/mol. The van der Waals surface area contributed by atoms with E-state index in [9.17, 15) is 4.79 Å². The van der Waals surface area contributed by atoms with Gasteiger partial charge in [-0.25, -0.2) is 0 Å². The molecule has 2 aromatic rings. The molecular formula is C21H25N3OS. The Balaban J connectivity index is 1.82. The molecule has 2 heterocycles. The maximum atomic E-state index is 11.8. The summed E-state index contributed by atoms with van der Waals surface area (Å²) in [6, 6.07) is 10.9. The van der Waals surface area contributed by atoms with Gasteiger partial charge in [-0.1, -0.05) is 29.8 Å². The van der Waals surface area contributed by atoms with E-state index in [-0.39, 0.29) is 17.2 Å². The molecule has 1 fully saturated rings. The second kappa shape index (κ2) is 7.51. The highest BCUT2D eigenvalue weighted by Crippen LogP contribution is 2.35. The Bertz CT molecular complexity index is 823. The molecule has 0 amide bonds. The number of carbonyl (C=O) groups excluding carboxylic acids is 1. The molecule has 4 nitrogen and oxygen atoms in total. The van der Waals surface area contributed by atoms with Crippen LogP contribution in [0.2, 0.25) is 0 Å². The Morgan fingerprint density at radius 2 is 2.12 bits per heavy atom. The lowest BCUT2D eigenvalue weighted by atomic mass is 9.86. The molecule has 136 valence electrons. The molecule has 2 aliphatic rings. The van der Waals surface area contributed by atoms with Crippen LogP contribution < -0.4 is 5.32 Å². The molecule has 1 aromatic heterocycles. The summed E-state index contributed by atoms with van der Waals surface area (Å²) >= 11 is 4.06. The fraction of sp³-hybridized carbons (Fsp3) is 0.429. The largest absolute Gasteiger partial charge is 0.304 e. The number of thiol groups is 1. The van der Waals surface area contributed by atoms with Crippen molar-refractivity contribution in [3.8, 4) is 0 Å². The fourth-order valence-corrected chi connectivity index (χ4v) is 4.46. The van der Waals surface area contributed by atoms with Gasteiger partial charge in [-0.05, 0) is 48.9 Å². The van der Waals surface area contributed by atoms with E-state index in [2.05, 4.69) is 54.0 Å². The zero-order valence-corrected chi connectivity index (χ0v) is 16.0. The number of piperazine rings is 1. The third kappa shape index (κ3) is 3.43. The summed E-state index contributed by atoms with van der Waals surface area (Å²) in [6.07, 6.45) is 5.17. The Morgan fingerprint density at radius 3 is 2.96 bits per heavy atom. The lowest BCUT2D eigenvalue weighted by molar-refractivity contribution is -0.113. The van der Waals surface area contributed by atoms with Crippen LogP contribution in [0, 0.1) is 6.92 Å². The smallest absolute Gasteiger partial charge is 0.204 e. The summed E-state index contributed by atoms with van der Waals surface area (Å²) in [7, 11) is 0. The van der Waals surface area contributed by atoms with Crippen LogP contribution in [-0.4, -0.2) is 40.7 Å². The number of nitrogens with one attached hydrogen (secondary N) is 1. The maximum Gasteiger partial charge on any atom is 0.204 e. The number of hydrogen-bond donors (Lipinski definition) is 2. The van der Waals surface area contributed by atoms with Gasteiger partial charge in [0.05, 0.1) is 17.8 Å². The van der Waals surface area contributed by atoms with Crippen LogP contribution in [0.4, 0.5) is 0 Å². The number of fused-ring (bicyclic) bond motifs is 2. The first-order chi connectivity index (χ1) is 12.6. The molecule has 5 heteroatoms. The third-order valence-electron chi connectivity index (χ3n) is 5.54. The van der Waals surface area contributed by atoms with Crippen LogP contribution in [0.15, 0.2) is 36.5 Å². The average Bonchev–Trinajstić information content (AvgIpc) is 2.63. The van der Waals surface area contributed by atoms with Gasteiger partial charge in [0.1, 0.15) is 0 Å². The number of pyridine rings is 1. The summed E-state index contributed by atoms with van der Waals surface area (Å²) in [6.45, 7) is 4.50. The van der Waals surface area contributed by atoms with Crippen molar-refractivity contribution >= 4 is 17.7 Å². The molecule has 0 radical (unpaired) electrons. The van der Waals surface area contributed by atoms with Crippen LogP contribution in [-0.2, 0) is 17.6 Å².